The lowest BCUT2D eigenvalue weighted by Crippen LogP contribution is -2.41. The second kappa shape index (κ2) is 9.12. The number of aromatic hydroxyl groups is 3. The molecule has 1 aliphatic heterocycles. The number of allylic oxidation sites excluding steroid dienone is 4. The number of ketones is 3. The minimum absolute atomic E-state index is 0.00553. The number of hydrogen-bond donors (Lipinski definition) is 4. The molecule has 2 heterocycles. The highest BCUT2D eigenvalue weighted by molar-refractivity contribution is 6.31. The summed E-state index contributed by atoms with van der Waals surface area (Å²) in [6, 6.07) is 6.56. The molecular weight excluding hydrogens is 506 g/mol. The summed E-state index contributed by atoms with van der Waals surface area (Å²) in [5.41, 5.74) is -1.15. The number of hydrogen-bond acceptors (Lipinski definition) is 11. The topological polar surface area (TPSA) is 172 Å². The summed E-state index contributed by atoms with van der Waals surface area (Å²) < 4.78 is 11.4. The molecule has 0 spiro atoms. The first-order valence-corrected chi connectivity index (χ1v) is 12.1. The van der Waals surface area contributed by atoms with Crippen LogP contribution in [-0.2, 0) is 21.4 Å². The SMILES string of the molecule is CC(=O)c1c(O)c(C)c(O)c2c1OC1=CC(=O)/C(=C(/C)NCCc3nnc(-c4ccccc4O)o3)C(=O)[C@@]12C. The molecule has 11 heteroatoms. The van der Waals surface area contributed by atoms with E-state index in [1.807, 2.05) is 0 Å². The van der Waals surface area contributed by atoms with Crippen LogP contribution >= 0.6 is 0 Å². The van der Waals surface area contributed by atoms with Crippen LogP contribution in [0, 0.1) is 6.92 Å². The minimum Gasteiger partial charge on any atom is -0.507 e. The number of benzene rings is 2. The van der Waals surface area contributed by atoms with Crippen LogP contribution in [0.3, 0.4) is 0 Å². The summed E-state index contributed by atoms with van der Waals surface area (Å²) in [5.74, 6) is -2.30. The molecule has 200 valence electrons. The predicted octanol–water partition coefficient (Wildman–Crippen LogP) is 3.16. The zero-order valence-electron chi connectivity index (χ0n) is 21.6. The molecule has 2 aliphatic rings. The van der Waals surface area contributed by atoms with E-state index in [1.165, 1.54) is 26.8 Å². The van der Waals surface area contributed by atoms with Crippen LogP contribution in [0.15, 0.2) is 51.8 Å². The molecule has 0 unspecified atom stereocenters. The summed E-state index contributed by atoms with van der Waals surface area (Å²) in [5, 5.41) is 42.3. The molecule has 0 radical (unpaired) electrons. The molecule has 1 aromatic heterocycles. The van der Waals surface area contributed by atoms with Gasteiger partial charge in [0.2, 0.25) is 5.89 Å². The molecule has 0 fully saturated rings. The van der Waals surface area contributed by atoms with Gasteiger partial charge < -0.3 is 29.8 Å². The molecule has 39 heavy (non-hydrogen) atoms. The van der Waals surface area contributed by atoms with Crippen molar-refractivity contribution in [1.82, 2.24) is 15.5 Å². The van der Waals surface area contributed by atoms with Crippen molar-refractivity contribution in [2.45, 2.75) is 39.5 Å². The van der Waals surface area contributed by atoms with Crippen LogP contribution in [0.1, 0.15) is 48.1 Å². The Labute approximate surface area is 222 Å². The van der Waals surface area contributed by atoms with Crippen molar-refractivity contribution in [3.8, 4) is 34.5 Å². The fourth-order valence-corrected chi connectivity index (χ4v) is 4.93. The Morgan fingerprint density at radius 2 is 1.79 bits per heavy atom. The zero-order chi connectivity index (χ0) is 28.2. The summed E-state index contributed by atoms with van der Waals surface area (Å²) in [6.07, 6.45) is 1.42. The van der Waals surface area contributed by atoms with Gasteiger partial charge in [-0.15, -0.1) is 10.2 Å². The van der Waals surface area contributed by atoms with Crippen molar-refractivity contribution in [2.24, 2.45) is 0 Å². The molecular formula is C28H25N3O8. The van der Waals surface area contributed by atoms with Gasteiger partial charge in [0.15, 0.2) is 17.3 Å². The molecule has 5 rings (SSSR count). The number of phenolic OH excluding ortho intramolecular Hbond substituents is 3. The van der Waals surface area contributed by atoms with Crippen molar-refractivity contribution >= 4 is 17.3 Å². The number of aromatic nitrogens is 2. The highest BCUT2D eigenvalue weighted by Crippen LogP contribution is 2.57. The van der Waals surface area contributed by atoms with E-state index in [-0.39, 0.29) is 75.7 Å². The maximum atomic E-state index is 13.8. The van der Waals surface area contributed by atoms with Gasteiger partial charge in [-0.1, -0.05) is 12.1 Å². The average molecular weight is 532 g/mol. The maximum Gasteiger partial charge on any atom is 0.251 e. The van der Waals surface area contributed by atoms with Crippen LogP contribution in [0.4, 0.5) is 0 Å². The number of carbonyl (C=O) groups excluding carboxylic acids is 3. The highest BCUT2D eigenvalue weighted by atomic mass is 16.5. The Morgan fingerprint density at radius 3 is 2.49 bits per heavy atom. The van der Waals surface area contributed by atoms with Crippen molar-refractivity contribution in [3.05, 3.63) is 70.0 Å². The number of fused-ring (bicyclic) bond motifs is 3. The Hall–Kier alpha value is -4.93. The molecule has 11 nitrogen and oxygen atoms in total. The first-order valence-electron chi connectivity index (χ1n) is 12.1. The van der Waals surface area contributed by atoms with Gasteiger partial charge in [-0.2, -0.15) is 0 Å². The monoisotopic (exact) mass is 531 g/mol. The molecule has 0 saturated carbocycles. The molecule has 1 atom stereocenters. The first kappa shape index (κ1) is 25.7. The third-order valence-electron chi connectivity index (χ3n) is 7.09. The molecule has 4 N–H and O–H groups in total. The van der Waals surface area contributed by atoms with Crippen molar-refractivity contribution in [3.63, 3.8) is 0 Å². The van der Waals surface area contributed by atoms with Gasteiger partial charge in [-0.3, -0.25) is 14.4 Å². The number of phenols is 3. The minimum atomic E-state index is -1.59. The van der Waals surface area contributed by atoms with Gasteiger partial charge in [0, 0.05) is 30.3 Å². The lowest BCUT2D eigenvalue weighted by Gasteiger charge is -2.29. The Kier molecular flexibility index (Phi) is 6.01. The highest BCUT2D eigenvalue weighted by Gasteiger charge is 2.56. The third-order valence-corrected chi connectivity index (χ3v) is 7.09. The number of nitrogens with zero attached hydrogens (tertiary/aromatic N) is 2. The van der Waals surface area contributed by atoms with E-state index in [0.29, 0.717) is 5.56 Å². The number of carbonyl (C=O) groups is 3. The van der Waals surface area contributed by atoms with Crippen LogP contribution in [-0.4, -0.2) is 49.4 Å². The Balaban J connectivity index is 1.43. The van der Waals surface area contributed by atoms with Crippen LogP contribution in [0.2, 0.25) is 0 Å². The Morgan fingerprint density at radius 1 is 1.08 bits per heavy atom. The zero-order valence-corrected chi connectivity index (χ0v) is 21.6. The van der Waals surface area contributed by atoms with E-state index in [4.69, 9.17) is 9.15 Å². The Bertz CT molecular complexity index is 1650. The van der Waals surface area contributed by atoms with Crippen molar-refractivity contribution in [2.75, 3.05) is 6.54 Å². The molecule has 1 aliphatic carbocycles. The molecule has 0 saturated heterocycles. The number of rotatable bonds is 6. The number of para-hydroxylation sites is 1. The van der Waals surface area contributed by atoms with E-state index >= 15 is 0 Å². The van der Waals surface area contributed by atoms with Gasteiger partial charge in [0.1, 0.15) is 39.7 Å². The molecule has 2 aromatic carbocycles. The fourth-order valence-electron chi connectivity index (χ4n) is 4.93. The smallest absolute Gasteiger partial charge is 0.251 e. The molecule has 0 amide bonds. The van der Waals surface area contributed by atoms with Crippen molar-refractivity contribution < 1.29 is 38.9 Å². The maximum absolute atomic E-state index is 13.8. The molecule has 0 bridgehead atoms. The van der Waals surface area contributed by atoms with Gasteiger partial charge in [-0.25, -0.2) is 0 Å². The van der Waals surface area contributed by atoms with E-state index in [2.05, 4.69) is 15.5 Å². The third kappa shape index (κ3) is 3.85. The van der Waals surface area contributed by atoms with E-state index in [0.717, 1.165) is 6.08 Å². The lowest BCUT2D eigenvalue weighted by molar-refractivity contribution is -0.123. The number of ether oxygens (including phenoxy) is 1. The summed E-state index contributed by atoms with van der Waals surface area (Å²) in [4.78, 5) is 39.2. The first-order chi connectivity index (χ1) is 18.5. The quantitative estimate of drug-likeness (QED) is 0.209. The summed E-state index contributed by atoms with van der Waals surface area (Å²) in [7, 11) is 0. The second-order valence-electron chi connectivity index (χ2n) is 9.58. The fraction of sp³-hybridized carbons (Fsp3) is 0.250. The second-order valence-corrected chi connectivity index (χ2v) is 9.58. The van der Waals surface area contributed by atoms with Crippen LogP contribution in [0.5, 0.6) is 23.0 Å². The van der Waals surface area contributed by atoms with Crippen molar-refractivity contribution in [1.29, 1.82) is 0 Å². The van der Waals surface area contributed by atoms with E-state index in [1.54, 1.807) is 25.1 Å². The normalized spacial score (nSPS) is 19.2. The predicted molar refractivity (Wildman–Crippen MR) is 136 cm³/mol. The largest absolute Gasteiger partial charge is 0.507 e. The van der Waals surface area contributed by atoms with Gasteiger partial charge in [0.05, 0.1) is 16.7 Å². The van der Waals surface area contributed by atoms with E-state index in [9.17, 15) is 29.7 Å². The lowest BCUT2D eigenvalue weighted by atomic mass is 9.70. The van der Waals surface area contributed by atoms with Gasteiger partial charge in [0.25, 0.3) is 5.89 Å². The van der Waals surface area contributed by atoms with E-state index < -0.39 is 28.5 Å². The van der Waals surface area contributed by atoms with Crippen LogP contribution in [0.25, 0.3) is 11.5 Å². The van der Waals surface area contributed by atoms with Crippen LogP contribution < -0.4 is 10.1 Å². The standard InChI is InChI=1S/C28H25N3O8/c1-12-23(35)21(14(3)32)25-22(24(12)36)28(4)18(38-25)11-17(34)20(26(28)37)13(2)29-10-9-19-30-31-27(39-19)15-7-5-6-8-16(15)33/h5-8,11,29,33,35-36H,9-10H2,1-4H3/b20-13+/t28-/m0/s1. The van der Waals surface area contributed by atoms with Gasteiger partial charge >= 0.3 is 0 Å². The summed E-state index contributed by atoms with van der Waals surface area (Å²) in [6.45, 7) is 5.98. The number of Topliss-reactive ketones (excluding diaryl/α,β-unsaturated/α-hetero) is 2. The number of nitrogens with one attached hydrogen (secondary N) is 1. The summed E-state index contributed by atoms with van der Waals surface area (Å²) >= 11 is 0. The average Bonchev–Trinajstić information content (AvgIpc) is 3.46. The molecule has 3 aromatic rings. The van der Waals surface area contributed by atoms with Gasteiger partial charge in [-0.05, 0) is 39.8 Å².